The summed E-state index contributed by atoms with van der Waals surface area (Å²) in [6.45, 7) is 2.05. The van der Waals surface area contributed by atoms with Gasteiger partial charge in [0.25, 0.3) is 0 Å². The van der Waals surface area contributed by atoms with E-state index in [9.17, 15) is 5.26 Å². The molecule has 0 spiro atoms. The summed E-state index contributed by atoms with van der Waals surface area (Å²) in [5, 5.41) is 12.0. The van der Waals surface area contributed by atoms with Gasteiger partial charge in [-0.15, -0.1) is 11.3 Å². The van der Waals surface area contributed by atoms with Gasteiger partial charge in [-0.3, -0.25) is 0 Å². The lowest BCUT2D eigenvalue weighted by Crippen LogP contribution is -1.82. The lowest BCUT2D eigenvalue weighted by molar-refractivity contribution is 0.557. The minimum absolute atomic E-state index is 0.508. The van der Waals surface area contributed by atoms with Crippen LogP contribution in [0.5, 0.6) is 0 Å². The van der Waals surface area contributed by atoms with Crippen LogP contribution in [-0.2, 0) is 0 Å². The van der Waals surface area contributed by atoms with E-state index in [0.717, 1.165) is 11.3 Å². The summed E-state index contributed by atoms with van der Waals surface area (Å²) in [5.41, 5.74) is 3.66. The molecule has 0 atom stereocenters. The molecular formula is C17H12N2OS. The van der Waals surface area contributed by atoms with Crippen molar-refractivity contribution in [3.8, 4) is 17.3 Å². The summed E-state index contributed by atoms with van der Waals surface area (Å²) in [7, 11) is 0. The summed E-state index contributed by atoms with van der Waals surface area (Å²) in [5.74, 6) is 0.652. The van der Waals surface area contributed by atoms with E-state index in [1.807, 2.05) is 23.6 Å². The molecule has 0 aliphatic rings. The molecule has 0 N–H and O–H groups in total. The first-order valence-corrected chi connectivity index (χ1v) is 7.32. The molecule has 0 unspecified atom stereocenters. The van der Waals surface area contributed by atoms with E-state index >= 15 is 0 Å². The van der Waals surface area contributed by atoms with Crippen molar-refractivity contribution < 1.29 is 4.42 Å². The zero-order valence-electron chi connectivity index (χ0n) is 11.4. The Morgan fingerprint density at radius 3 is 2.76 bits per heavy atom. The van der Waals surface area contributed by atoms with Crippen LogP contribution in [0.15, 0.2) is 52.5 Å². The number of rotatable bonds is 3. The first-order chi connectivity index (χ1) is 10.3. The van der Waals surface area contributed by atoms with E-state index in [-0.39, 0.29) is 0 Å². The fourth-order valence-electron chi connectivity index (χ4n) is 1.91. The standard InChI is InChI=1S/C17H12N2OS/c1-12-4-6-13(7-5-12)16-11-21-17(19-16)14(10-18)9-15-3-2-8-20-15/h2-9,11H,1H3/b14-9-. The van der Waals surface area contributed by atoms with Crippen LogP contribution in [0.3, 0.4) is 0 Å². The number of hydrogen-bond acceptors (Lipinski definition) is 4. The number of nitrogens with zero attached hydrogens (tertiary/aromatic N) is 2. The summed E-state index contributed by atoms with van der Waals surface area (Å²) in [6, 6.07) is 14.0. The van der Waals surface area contributed by atoms with Gasteiger partial charge in [-0.05, 0) is 19.1 Å². The molecule has 1 aromatic carbocycles. The molecule has 2 aromatic heterocycles. The van der Waals surface area contributed by atoms with Crippen molar-refractivity contribution >= 4 is 23.0 Å². The van der Waals surface area contributed by atoms with E-state index in [1.54, 1.807) is 18.4 Å². The fraction of sp³-hybridized carbons (Fsp3) is 0.0588. The molecule has 102 valence electrons. The Labute approximate surface area is 126 Å². The molecule has 3 aromatic rings. The van der Waals surface area contributed by atoms with Gasteiger partial charge in [0.05, 0.1) is 17.5 Å². The highest BCUT2D eigenvalue weighted by Gasteiger charge is 2.09. The van der Waals surface area contributed by atoms with Crippen LogP contribution in [0.25, 0.3) is 22.9 Å². The largest absolute Gasteiger partial charge is 0.465 e. The molecule has 3 nitrogen and oxygen atoms in total. The van der Waals surface area contributed by atoms with Crippen LogP contribution < -0.4 is 0 Å². The Morgan fingerprint density at radius 1 is 1.29 bits per heavy atom. The van der Waals surface area contributed by atoms with Crippen LogP contribution in [-0.4, -0.2) is 4.98 Å². The smallest absolute Gasteiger partial charge is 0.134 e. The number of nitriles is 1. The van der Waals surface area contributed by atoms with Gasteiger partial charge < -0.3 is 4.42 Å². The minimum Gasteiger partial charge on any atom is -0.465 e. The predicted molar refractivity (Wildman–Crippen MR) is 84.5 cm³/mol. The number of thiazole rings is 1. The summed E-state index contributed by atoms with van der Waals surface area (Å²) in [4.78, 5) is 4.55. The second kappa shape index (κ2) is 5.78. The Kier molecular flexibility index (Phi) is 3.67. The van der Waals surface area contributed by atoms with Crippen molar-refractivity contribution in [2.75, 3.05) is 0 Å². The number of furan rings is 1. The monoisotopic (exact) mass is 292 g/mol. The van der Waals surface area contributed by atoms with E-state index in [0.29, 0.717) is 16.3 Å². The molecule has 0 aliphatic heterocycles. The third-order valence-corrected chi connectivity index (χ3v) is 3.91. The molecule has 21 heavy (non-hydrogen) atoms. The zero-order chi connectivity index (χ0) is 14.7. The molecule has 0 radical (unpaired) electrons. The zero-order valence-corrected chi connectivity index (χ0v) is 12.2. The molecule has 2 heterocycles. The van der Waals surface area contributed by atoms with Crippen LogP contribution in [0.4, 0.5) is 0 Å². The summed E-state index contributed by atoms with van der Waals surface area (Å²) < 4.78 is 5.24. The van der Waals surface area contributed by atoms with Gasteiger partial charge in [-0.1, -0.05) is 29.8 Å². The van der Waals surface area contributed by atoms with Gasteiger partial charge in [0.15, 0.2) is 0 Å². The highest BCUT2D eigenvalue weighted by Crippen LogP contribution is 2.27. The van der Waals surface area contributed by atoms with Gasteiger partial charge in [-0.2, -0.15) is 5.26 Å². The number of aryl methyl sites for hydroxylation is 1. The van der Waals surface area contributed by atoms with Gasteiger partial charge in [0.1, 0.15) is 16.8 Å². The number of aromatic nitrogens is 1. The highest BCUT2D eigenvalue weighted by molar-refractivity contribution is 7.11. The molecule has 0 aliphatic carbocycles. The van der Waals surface area contributed by atoms with E-state index in [2.05, 4.69) is 30.1 Å². The molecule has 4 heteroatoms. The third kappa shape index (κ3) is 2.93. The average Bonchev–Trinajstić information content (AvgIpc) is 3.17. The molecular weight excluding hydrogens is 280 g/mol. The third-order valence-electron chi connectivity index (χ3n) is 3.03. The molecule has 0 saturated heterocycles. The maximum absolute atomic E-state index is 9.30. The number of hydrogen-bond donors (Lipinski definition) is 0. The summed E-state index contributed by atoms with van der Waals surface area (Å²) >= 11 is 1.46. The SMILES string of the molecule is Cc1ccc(-c2csc(/C(C#N)=C\c3ccco3)n2)cc1. The molecule has 0 saturated carbocycles. The predicted octanol–water partition coefficient (Wildman–Crippen LogP) is 4.78. The van der Waals surface area contributed by atoms with Crippen LogP contribution in [0.2, 0.25) is 0 Å². The summed E-state index contributed by atoms with van der Waals surface area (Å²) in [6.07, 6.45) is 3.29. The Balaban J connectivity index is 1.94. The molecule has 0 fully saturated rings. The van der Waals surface area contributed by atoms with Crippen molar-refractivity contribution in [2.24, 2.45) is 0 Å². The lowest BCUT2D eigenvalue weighted by Gasteiger charge is -1.97. The topological polar surface area (TPSA) is 49.8 Å². The number of allylic oxidation sites excluding steroid dienone is 1. The van der Waals surface area contributed by atoms with Crippen LogP contribution >= 0.6 is 11.3 Å². The fourth-order valence-corrected chi connectivity index (χ4v) is 2.71. The minimum atomic E-state index is 0.508. The number of benzene rings is 1. The van der Waals surface area contributed by atoms with Crippen molar-refractivity contribution in [3.05, 3.63) is 64.4 Å². The Bertz CT molecular complexity index is 805. The van der Waals surface area contributed by atoms with Gasteiger partial charge >= 0.3 is 0 Å². The van der Waals surface area contributed by atoms with E-state index in [1.165, 1.54) is 16.9 Å². The van der Waals surface area contributed by atoms with Gasteiger partial charge in [0, 0.05) is 17.0 Å². The van der Waals surface area contributed by atoms with E-state index in [4.69, 9.17) is 4.42 Å². The second-order valence-electron chi connectivity index (χ2n) is 4.59. The average molecular weight is 292 g/mol. The molecule has 0 bridgehead atoms. The maximum Gasteiger partial charge on any atom is 0.134 e. The Morgan fingerprint density at radius 2 is 2.10 bits per heavy atom. The van der Waals surface area contributed by atoms with Crippen LogP contribution in [0.1, 0.15) is 16.3 Å². The van der Waals surface area contributed by atoms with Crippen molar-refractivity contribution in [3.63, 3.8) is 0 Å². The first-order valence-electron chi connectivity index (χ1n) is 6.44. The van der Waals surface area contributed by atoms with Crippen LogP contribution in [0, 0.1) is 18.3 Å². The normalized spacial score (nSPS) is 11.3. The maximum atomic E-state index is 9.30. The van der Waals surface area contributed by atoms with Crippen molar-refractivity contribution in [1.29, 1.82) is 5.26 Å². The van der Waals surface area contributed by atoms with Gasteiger partial charge in [0.2, 0.25) is 0 Å². The Hall–Kier alpha value is -2.64. The quantitative estimate of drug-likeness (QED) is 0.653. The van der Waals surface area contributed by atoms with Crippen molar-refractivity contribution in [1.82, 2.24) is 4.98 Å². The lowest BCUT2D eigenvalue weighted by atomic mass is 10.1. The molecule has 3 rings (SSSR count). The highest BCUT2D eigenvalue weighted by atomic mass is 32.1. The van der Waals surface area contributed by atoms with E-state index < -0.39 is 0 Å². The first kappa shape index (κ1) is 13.3. The van der Waals surface area contributed by atoms with Crippen molar-refractivity contribution in [2.45, 2.75) is 6.92 Å². The second-order valence-corrected chi connectivity index (χ2v) is 5.45. The molecule has 0 amide bonds. The van der Waals surface area contributed by atoms with Gasteiger partial charge in [-0.25, -0.2) is 4.98 Å².